The molecule has 0 aliphatic rings. The fraction of sp³-hybridized carbons (Fsp3) is 0.174. The molecule has 0 unspecified atom stereocenters. The third-order valence-corrected chi connectivity index (χ3v) is 7.63. The summed E-state index contributed by atoms with van der Waals surface area (Å²) in [6.45, 7) is 1.20. The number of ether oxygens (including phenoxy) is 2. The number of rotatable bonds is 8. The van der Waals surface area contributed by atoms with Gasteiger partial charge in [-0.05, 0) is 61.0 Å². The zero-order valence-corrected chi connectivity index (χ0v) is 21.5. The van der Waals surface area contributed by atoms with Crippen LogP contribution in [0.2, 0.25) is 15.1 Å². The Morgan fingerprint density at radius 1 is 0.882 bits per heavy atom. The molecule has 3 aromatic rings. The van der Waals surface area contributed by atoms with Gasteiger partial charge in [-0.3, -0.25) is 9.10 Å². The van der Waals surface area contributed by atoms with Crippen LogP contribution in [0.15, 0.2) is 59.5 Å². The van der Waals surface area contributed by atoms with E-state index in [0.29, 0.717) is 22.0 Å². The molecule has 0 aliphatic carbocycles. The molecular weight excluding hydrogens is 523 g/mol. The highest BCUT2D eigenvalue weighted by molar-refractivity contribution is 7.93. The van der Waals surface area contributed by atoms with Gasteiger partial charge in [0.15, 0.2) is 0 Å². The molecular formula is C23H21Cl3N2O5S. The van der Waals surface area contributed by atoms with E-state index in [1.165, 1.54) is 44.6 Å². The Morgan fingerprint density at radius 3 is 2.18 bits per heavy atom. The van der Waals surface area contributed by atoms with E-state index in [1.807, 2.05) is 0 Å². The first kappa shape index (κ1) is 26.0. The van der Waals surface area contributed by atoms with Gasteiger partial charge in [0.25, 0.3) is 10.0 Å². The number of hydrogen-bond donors (Lipinski definition) is 1. The number of nitrogens with one attached hydrogen (secondary N) is 1. The number of amides is 1. The molecule has 0 aromatic heterocycles. The van der Waals surface area contributed by atoms with Gasteiger partial charge < -0.3 is 14.8 Å². The first-order valence-electron chi connectivity index (χ1n) is 9.82. The average Bonchev–Trinajstić information content (AvgIpc) is 2.79. The van der Waals surface area contributed by atoms with Crippen molar-refractivity contribution in [3.8, 4) is 11.5 Å². The fourth-order valence-corrected chi connectivity index (χ4v) is 5.34. The van der Waals surface area contributed by atoms with E-state index in [4.69, 9.17) is 44.3 Å². The number of aryl methyl sites for hydroxylation is 1. The van der Waals surface area contributed by atoms with Gasteiger partial charge in [0.2, 0.25) is 5.91 Å². The molecule has 0 spiro atoms. The molecule has 0 saturated carbocycles. The maximum absolute atomic E-state index is 13.7. The minimum absolute atomic E-state index is 0.0960. The number of carbonyl (C=O) groups is 1. The highest BCUT2D eigenvalue weighted by Crippen LogP contribution is 2.34. The third-order valence-electron chi connectivity index (χ3n) is 4.80. The number of methoxy groups -OCH3 is 2. The van der Waals surface area contributed by atoms with E-state index in [2.05, 4.69) is 5.32 Å². The summed E-state index contributed by atoms with van der Waals surface area (Å²) in [7, 11) is -1.42. The van der Waals surface area contributed by atoms with Crippen LogP contribution in [-0.4, -0.2) is 35.1 Å². The summed E-state index contributed by atoms with van der Waals surface area (Å²) < 4.78 is 38.8. The molecule has 0 aliphatic heterocycles. The predicted octanol–water partition coefficient (Wildman–Crippen LogP) is 5.81. The molecule has 0 fully saturated rings. The Labute approximate surface area is 213 Å². The summed E-state index contributed by atoms with van der Waals surface area (Å²) in [6.07, 6.45) is 0. The van der Waals surface area contributed by atoms with Crippen LogP contribution in [0.5, 0.6) is 11.5 Å². The number of sulfonamides is 1. The molecule has 7 nitrogen and oxygen atoms in total. The molecule has 11 heteroatoms. The highest BCUT2D eigenvalue weighted by atomic mass is 35.5. The smallest absolute Gasteiger partial charge is 0.268 e. The number of anilines is 2. The zero-order chi connectivity index (χ0) is 25.0. The van der Waals surface area contributed by atoms with Crippen LogP contribution in [0.3, 0.4) is 0 Å². The van der Waals surface area contributed by atoms with E-state index in [0.717, 1.165) is 4.31 Å². The Bertz CT molecular complexity index is 1330. The van der Waals surface area contributed by atoms with E-state index in [9.17, 15) is 13.2 Å². The Balaban J connectivity index is 2.02. The maximum Gasteiger partial charge on any atom is 0.268 e. The summed E-state index contributed by atoms with van der Waals surface area (Å²) in [4.78, 5) is 12.8. The van der Waals surface area contributed by atoms with Crippen molar-refractivity contribution in [1.29, 1.82) is 0 Å². The summed E-state index contributed by atoms with van der Waals surface area (Å²) in [5, 5.41) is 3.32. The molecule has 1 amide bonds. The fourth-order valence-electron chi connectivity index (χ4n) is 3.13. The van der Waals surface area contributed by atoms with Crippen LogP contribution in [0, 0.1) is 6.92 Å². The largest absolute Gasteiger partial charge is 0.495 e. The van der Waals surface area contributed by atoms with Crippen LogP contribution in [0.1, 0.15) is 5.56 Å². The van der Waals surface area contributed by atoms with Crippen molar-refractivity contribution in [3.63, 3.8) is 0 Å². The summed E-state index contributed by atoms with van der Waals surface area (Å²) in [5.74, 6) is -0.0354. The van der Waals surface area contributed by atoms with Crippen molar-refractivity contribution in [3.05, 3.63) is 75.2 Å². The molecule has 0 radical (unpaired) electrons. The Hall–Kier alpha value is -2.65. The topological polar surface area (TPSA) is 84.9 Å². The van der Waals surface area contributed by atoms with Crippen LogP contribution < -0.4 is 19.1 Å². The molecule has 0 heterocycles. The first-order chi connectivity index (χ1) is 16.1. The van der Waals surface area contributed by atoms with Crippen molar-refractivity contribution in [2.45, 2.75) is 11.8 Å². The lowest BCUT2D eigenvalue weighted by molar-refractivity contribution is -0.114. The Kier molecular flexibility index (Phi) is 8.20. The number of benzene rings is 3. The monoisotopic (exact) mass is 542 g/mol. The Morgan fingerprint density at radius 2 is 1.56 bits per heavy atom. The molecule has 34 heavy (non-hydrogen) atoms. The lowest BCUT2D eigenvalue weighted by Crippen LogP contribution is -2.38. The molecule has 0 atom stereocenters. The van der Waals surface area contributed by atoms with Crippen molar-refractivity contribution < 1.29 is 22.7 Å². The molecule has 0 saturated heterocycles. The third kappa shape index (κ3) is 5.70. The summed E-state index contributed by atoms with van der Waals surface area (Å²) in [6, 6.07) is 13.7. The maximum atomic E-state index is 13.7. The van der Waals surface area contributed by atoms with Crippen LogP contribution in [0.4, 0.5) is 11.4 Å². The van der Waals surface area contributed by atoms with Gasteiger partial charge in [-0.1, -0.05) is 40.9 Å². The van der Waals surface area contributed by atoms with Gasteiger partial charge in [0, 0.05) is 5.69 Å². The number of nitrogens with zero attached hydrogens (tertiary/aromatic N) is 1. The molecule has 3 rings (SSSR count). The summed E-state index contributed by atoms with van der Waals surface area (Å²) in [5.41, 5.74) is 1.22. The number of hydrogen-bond acceptors (Lipinski definition) is 5. The molecule has 1 N–H and O–H groups in total. The standard InChI is InChI=1S/C23H21Cl3N2O5S/c1-14-4-8-21(33-3)22(10-14)34(30,31)28(16-6-7-17(24)18(25)12-16)13-23(29)27-15-5-9-20(32-2)19(26)11-15/h4-12H,13H2,1-3H3,(H,27,29). The van der Waals surface area contributed by atoms with Gasteiger partial charge in [-0.25, -0.2) is 8.42 Å². The lowest BCUT2D eigenvalue weighted by atomic mass is 10.2. The summed E-state index contributed by atoms with van der Waals surface area (Å²) >= 11 is 18.3. The van der Waals surface area contributed by atoms with Crippen molar-refractivity contribution in [2.75, 3.05) is 30.4 Å². The van der Waals surface area contributed by atoms with E-state index < -0.39 is 22.5 Å². The predicted molar refractivity (Wildman–Crippen MR) is 135 cm³/mol. The molecule has 0 bridgehead atoms. The van der Waals surface area contributed by atoms with E-state index >= 15 is 0 Å². The van der Waals surface area contributed by atoms with Gasteiger partial charge >= 0.3 is 0 Å². The zero-order valence-electron chi connectivity index (χ0n) is 18.4. The van der Waals surface area contributed by atoms with Gasteiger partial charge in [0.1, 0.15) is 22.9 Å². The minimum Gasteiger partial charge on any atom is -0.495 e. The van der Waals surface area contributed by atoms with Gasteiger partial charge in [-0.2, -0.15) is 0 Å². The van der Waals surface area contributed by atoms with Gasteiger partial charge in [0.05, 0.1) is 35.0 Å². The number of halogens is 3. The average molecular weight is 544 g/mol. The first-order valence-corrected chi connectivity index (χ1v) is 12.4. The van der Waals surface area contributed by atoms with E-state index in [-0.39, 0.29) is 26.4 Å². The quantitative estimate of drug-likeness (QED) is 0.388. The molecule has 180 valence electrons. The van der Waals surface area contributed by atoms with Crippen molar-refractivity contribution in [2.24, 2.45) is 0 Å². The normalized spacial score (nSPS) is 11.1. The van der Waals surface area contributed by atoms with Gasteiger partial charge in [-0.15, -0.1) is 0 Å². The van der Waals surface area contributed by atoms with Crippen LogP contribution >= 0.6 is 34.8 Å². The second-order valence-electron chi connectivity index (χ2n) is 7.16. The lowest BCUT2D eigenvalue weighted by Gasteiger charge is -2.25. The minimum atomic E-state index is -4.26. The van der Waals surface area contributed by atoms with E-state index in [1.54, 1.807) is 31.2 Å². The van der Waals surface area contributed by atoms with Crippen LogP contribution in [-0.2, 0) is 14.8 Å². The molecule has 3 aromatic carbocycles. The van der Waals surface area contributed by atoms with Crippen LogP contribution in [0.25, 0.3) is 0 Å². The SMILES string of the molecule is COc1ccc(NC(=O)CN(c2ccc(Cl)c(Cl)c2)S(=O)(=O)c2cc(C)ccc2OC)cc1Cl. The second kappa shape index (κ2) is 10.7. The van der Waals surface area contributed by atoms with Crippen molar-refractivity contribution in [1.82, 2.24) is 0 Å². The highest BCUT2D eigenvalue weighted by Gasteiger charge is 2.30. The van der Waals surface area contributed by atoms with Crippen molar-refractivity contribution >= 4 is 62.1 Å². The second-order valence-corrected chi connectivity index (χ2v) is 10.2. The number of carbonyl (C=O) groups excluding carboxylic acids is 1.